The van der Waals surface area contributed by atoms with Gasteiger partial charge in [-0.05, 0) is 55.3 Å². The summed E-state index contributed by atoms with van der Waals surface area (Å²) in [5.41, 5.74) is 1.10. The van der Waals surface area contributed by atoms with Crippen LogP contribution in [0.2, 0.25) is 0 Å². The van der Waals surface area contributed by atoms with Crippen LogP contribution in [0.25, 0.3) is 5.76 Å². The number of morpholine rings is 1. The zero-order chi connectivity index (χ0) is 28.5. The predicted octanol–water partition coefficient (Wildman–Crippen LogP) is 4.19. The van der Waals surface area contributed by atoms with Crippen LogP contribution < -0.4 is 14.2 Å². The quantitative estimate of drug-likeness (QED) is 0.172. The Morgan fingerprint density at radius 1 is 1.02 bits per heavy atom. The van der Waals surface area contributed by atoms with Gasteiger partial charge in [0.15, 0.2) is 11.5 Å². The van der Waals surface area contributed by atoms with E-state index in [1.807, 2.05) is 13.8 Å². The van der Waals surface area contributed by atoms with E-state index in [0.717, 1.165) is 19.5 Å². The summed E-state index contributed by atoms with van der Waals surface area (Å²) in [4.78, 5) is 30.6. The number of hydrogen-bond donors (Lipinski definition) is 1. The van der Waals surface area contributed by atoms with Crippen LogP contribution in [0.15, 0.2) is 60.7 Å². The highest BCUT2D eigenvalue weighted by molar-refractivity contribution is 6.46. The number of ketones is 1. The molecule has 2 aromatic carbocycles. The van der Waals surface area contributed by atoms with Crippen molar-refractivity contribution in [1.29, 1.82) is 0 Å². The molecule has 2 saturated heterocycles. The van der Waals surface area contributed by atoms with Gasteiger partial charge in [0, 0.05) is 31.7 Å². The van der Waals surface area contributed by atoms with Crippen LogP contribution in [0.1, 0.15) is 37.4 Å². The first-order valence-electron chi connectivity index (χ1n) is 13.8. The monoisotopic (exact) mass is 550 g/mol. The number of amides is 1. The van der Waals surface area contributed by atoms with Crippen LogP contribution in [0.3, 0.4) is 0 Å². The summed E-state index contributed by atoms with van der Waals surface area (Å²) >= 11 is 0. The zero-order valence-corrected chi connectivity index (χ0v) is 23.3. The van der Waals surface area contributed by atoms with Crippen LogP contribution in [0.4, 0.5) is 0 Å². The van der Waals surface area contributed by atoms with Crippen molar-refractivity contribution in [2.45, 2.75) is 26.3 Å². The predicted molar refractivity (Wildman–Crippen MR) is 152 cm³/mol. The lowest BCUT2D eigenvalue weighted by atomic mass is 9.95. The van der Waals surface area contributed by atoms with E-state index < -0.39 is 17.7 Å². The fraction of sp³-hybridized carbons (Fsp3) is 0.419. The van der Waals surface area contributed by atoms with Gasteiger partial charge in [-0.3, -0.25) is 14.5 Å². The normalized spacial score (nSPS) is 19.1. The average Bonchev–Trinajstić information content (AvgIpc) is 3.24. The number of benzene rings is 2. The highest BCUT2D eigenvalue weighted by Gasteiger charge is 2.46. The van der Waals surface area contributed by atoms with Crippen molar-refractivity contribution >= 4 is 17.4 Å². The van der Waals surface area contributed by atoms with Crippen molar-refractivity contribution in [1.82, 2.24) is 9.80 Å². The highest BCUT2D eigenvalue weighted by Crippen LogP contribution is 2.42. The number of ether oxygens (including phenoxy) is 4. The molecule has 40 heavy (non-hydrogen) atoms. The molecule has 1 atom stereocenters. The lowest BCUT2D eigenvalue weighted by Crippen LogP contribution is -2.42. The summed E-state index contributed by atoms with van der Waals surface area (Å²) in [5.74, 6) is 0.0754. The number of nitrogens with zero attached hydrogens (tertiary/aromatic N) is 2. The van der Waals surface area contributed by atoms with Crippen molar-refractivity contribution in [2.24, 2.45) is 0 Å². The van der Waals surface area contributed by atoms with Crippen molar-refractivity contribution in [3.05, 3.63) is 71.8 Å². The van der Waals surface area contributed by atoms with Gasteiger partial charge in [0.1, 0.15) is 18.1 Å². The minimum atomic E-state index is -0.801. The number of likely N-dealkylation sites (tertiary alicyclic amines) is 1. The van der Waals surface area contributed by atoms with Gasteiger partial charge in [0.05, 0.1) is 38.0 Å². The Labute approximate surface area is 235 Å². The van der Waals surface area contributed by atoms with Gasteiger partial charge >= 0.3 is 0 Å². The minimum Gasteiger partial charge on any atom is -0.507 e. The average molecular weight is 551 g/mol. The highest BCUT2D eigenvalue weighted by atomic mass is 16.5. The summed E-state index contributed by atoms with van der Waals surface area (Å²) < 4.78 is 22.7. The molecule has 1 N–H and O–H groups in total. The summed E-state index contributed by atoms with van der Waals surface area (Å²) in [5, 5.41) is 11.4. The number of aliphatic hydroxyl groups is 1. The molecule has 2 fully saturated rings. The third kappa shape index (κ3) is 6.66. The number of carbonyl (C=O) groups excluding carboxylic acids is 2. The van der Waals surface area contributed by atoms with Crippen molar-refractivity contribution in [2.75, 3.05) is 59.2 Å². The standard InChI is InChI=1S/C31H38N2O7/c1-4-17-39-24-10-7-22(8-11-24)29(34)27-28(23-9-12-25(40-18-5-2)26(21-23)38-6-3)33(31(36)30(27)35)14-13-32-15-19-37-20-16-32/h5,7-12,21,28,34H,2,4,6,13-20H2,1,3H3. The number of hydrogen-bond acceptors (Lipinski definition) is 8. The van der Waals surface area contributed by atoms with Gasteiger partial charge in [-0.1, -0.05) is 25.6 Å². The van der Waals surface area contributed by atoms with Gasteiger partial charge in [0.25, 0.3) is 11.7 Å². The number of Topliss-reactive ketones (excluding diaryl/α,β-unsaturated/α-hetero) is 1. The largest absolute Gasteiger partial charge is 0.507 e. The van der Waals surface area contributed by atoms with E-state index in [0.29, 0.717) is 74.5 Å². The SMILES string of the molecule is C=CCOc1ccc(C2C(=C(O)c3ccc(OCCC)cc3)C(=O)C(=O)N2CCN2CCOCC2)cc1OCC. The number of aliphatic hydroxyl groups excluding tert-OH is 1. The van der Waals surface area contributed by atoms with E-state index in [4.69, 9.17) is 18.9 Å². The molecule has 0 bridgehead atoms. The maximum absolute atomic E-state index is 13.5. The summed E-state index contributed by atoms with van der Waals surface area (Å²) in [6.45, 7) is 12.5. The van der Waals surface area contributed by atoms with Crippen LogP contribution in [-0.4, -0.2) is 85.8 Å². The Kier molecular flexibility index (Phi) is 10.2. The van der Waals surface area contributed by atoms with Crippen molar-refractivity contribution in [3.63, 3.8) is 0 Å². The number of rotatable bonds is 13. The lowest BCUT2D eigenvalue weighted by Gasteiger charge is -2.31. The first kappa shape index (κ1) is 29.2. The molecular formula is C31H38N2O7. The van der Waals surface area contributed by atoms with Crippen LogP contribution >= 0.6 is 0 Å². The van der Waals surface area contributed by atoms with E-state index in [2.05, 4.69) is 11.5 Å². The molecule has 0 radical (unpaired) electrons. The second-order valence-corrected chi connectivity index (χ2v) is 9.56. The summed E-state index contributed by atoms with van der Waals surface area (Å²) in [7, 11) is 0. The van der Waals surface area contributed by atoms with E-state index in [-0.39, 0.29) is 11.3 Å². The Hall–Kier alpha value is -3.82. The molecule has 1 unspecified atom stereocenters. The third-order valence-corrected chi connectivity index (χ3v) is 6.84. The maximum Gasteiger partial charge on any atom is 0.295 e. The van der Waals surface area contributed by atoms with Gasteiger partial charge in [-0.25, -0.2) is 0 Å². The van der Waals surface area contributed by atoms with E-state index >= 15 is 0 Å². The topological polar surface area (TPSA) is 97.8 Å². The van der Waals surface area contributed by atoms with E-state index in [1.165, 1.54) is 4.90 Å². The molecule has 9 nitrogen and oxygen atoms in total. The van der Waals surface area contributed by atoms with E-state index in [1.54, 1.807) is 48.5 Å². The van der Waals surface area contributed by atoms with Gasteiger partial charge in [0.2, 0.25) is 0 Å². The molecule has 214 valence electrons. The Morgan fingerprint density at radius 2 is 1.77 bits per heavy atom. The second kappa shape index (κ2) is 14.0. The molecule has 9 heteroatoms. The van der Waals surface area contributed by atoms with Gasteiger partial charge < -0.3 is 29.0 Å². The van der Waals surface area contributed by atoms with Crippen LogP contribution in [-0.2, 0) is 14.3 Å². The first-order chi connectivity index (χ1) is 19.5. The fourth-order valence-electron chi connectivity index (χ4n) is 4.85. The smallest absolute Gasteiger partial charge is 0.295 e. The molecule has 1 amide bonds. The Bertz CT molecular complexity index is 1220. The van der Waals surface area contributed by atoms with Crippen molar-refractivity contribution in [3.8, 4) is 17.2 Å². The molecule has 2 aliphatic rings. The Morgan fingerprint density at radius 3 is 2.45 bits per heavy atom. The first-order valence-corrected chi connectivity index (χ1v) is 13.8. The molecule has 2 aromatic rings. The summed E-state index contributed by atoms with van der Waals surface area (Å²) in [6.07, 6.45) is 2.51. The molecule has 0 spiro atoms. The molecule has 0 saturated carbocycles. The molecule has 2 heterocycles. The molecule has 4 rings (SSSR count). The molecule has 0 aromatic heterocycles. The molecule has 0 aliphatic carbocycles. The zero-order valence-electron chi connectivity index (χ0n) is 23.3. The maximum atomic E-state index is 13.5. The second-order valence-electron chi connectivity index (χ2n) is 9.56. The minimum absolute atomic E-state index is 0.0383. The van der Waals surface area contributed by atoms with Gasteiger partial charge in [-0.2, -0.15) is 0 Å². The van der Waals surface area contributed by atoms with E-state index in [9.17, 15) is 14.7 Å². The van der Waals surface area contributed by atoms with Crippen LogP contribution in [0, 0.1) is 0 Å². The lowest BCUT2D eigenvalue weighted by molar-refractivity contribution is -0.140. The number of carbonyl (C=O) groups is 2. The summed E-state index contributed by atoms with van der Waals surface area (Å²) in [6, 6.07) is 11.4. The molecular weight excluding hydrogens is 512 g/mol. The van der Waals surface area contributed by atoms with Crippen LogP contribution in [0.5, 0.6) is 17.2 Å². The Balaban J connectivity index is 1.74. The third-order valence-electron chi connectivity index (χ3n) is 6.84. The fourth-order valence-corrected chi connectivity index (χ4v) is 4.85. The van der Waals surface area contributed by atoms with Gasteiger partial charge in [-0.15, -0.1) is 0 Å². The molecule has 2 aliphatic heterocycles. The van der Waals surface area contributed by atoms with Crippen molar-refractivity contribution < 1.29 is 33.6 Å².